The van der Waals surface area contributed by atoms with E-state index in [1.807, 2.05) is 30.0 Å². The third-order valence-corrected chi connectivity index (χ3v) is 5.08. The summed E-state index contributed by atoms with van der Waals surface area (Å²) >= 11 is 0. The summed E-state index contributed by atoms with van der Waals surface area (Å²) in [5.41, 5.74) is 3.46. The molecule has 0 saturated carbocycles. The molecule has 2 amide bonds. The summed E-state index contributed by atoms with van der Waals surface area (Å²) in [6.45, 7) is 5.49. The van der Waals surface area contributed by atoms with E-state index in [0.717, 1.165) is 23.2 Å². The monoisotopic (exact) mass is 399 g/mol. The molecule has 29 heavy (non-hydrogen) atoms. The van der Waals surface area contributed by atoms with E-state index in [9.17, 15) is 14.0 Å². The molecule has 0 atom stereocenters. The van der Waals surface area contributed by atoms with Crippen LogP contribution in [0.4, 0.5) is 15.8 Å². The first-order chi connectivity index (χ1) is 13.9. The van der Waals surface area contributed by atoms with Gasteiger partial charge >= 0.3 is 0 Å². The Hall–Kier alpha value is -2.93. The molecule has 6 nitrogen and oxygen atoms in total. The fraction of sp³-hybridized carbons (Fsp3) is 0.364. The fourth-order valence-electron chi connectivity index (χ4n) is 3.56. The van der Waals surface area contributed by atoms with Gasteiger partial charge in [0.15, 0.2) is 11.6 Å². The molecule has 1 aliphatic heterocycles. The standard InChI is InChI=1S/C22H26FN3O3/c1-4-25(13-16-5-8-21(29-3)19(23)11-16)14-22(28)24-18-6-7-20-17(12-18)9-10-26(20)15(2)27/h5-8,11-12H,4,9-10,13-14H2,1-3H3,(H,24,28). The first kappa shape index (κ1) is 20.8. The molecule has 3 rings (SSSR count). The van der Waals surface area contributed by atoms with Gasteiger partial charge in [0.25, 0.3) is 0 Å². The van der Waals surface area contributed by atoms with Gasteiger partial charge in [0.1, 0.15) is 0 Å². The van der Waals surface area contributed by atoms with Crippen LogP contribution in [0.2, 0.25) is 0 Å². The van der Waals surface area contributed by atoms with Gasteiger partial charge in [0, 0.05) is 31.4 Å². The molecular formula is C22H26FN3O3. The lowest BCUT2D eigenvalue weighted by Gasteiger charge is -2.20. The molecular weight excluding hydrogens is 373 g/mol. The highest BCUT2D eigenvalue weighted by Gasteiger charge is 2.22. The highest BCUT2D eigenvalue weighted by molar-refractivity contribution is 5.96. The van der Waals surface area contributed by atoms with Gasteiger partial charge in [0.05, 0.1) is 13.7 Å². The van der Waals surface area contributed by atoms with E-state index >= 15 is 0 Å². The Balaban J connectivity index is 1.60. The Morgan fingerprint density at radius 3 is 2.69 bits per heavy atom. The lowest BCUT2D eigenvalue weighted by Crippen LogP contribution is -2.32. The van der Waals surface area contributed by atoms with Crippen LogP contribution in [0, 0.1) is 5.82 Å². The Bertz CT molecular complexity index is 916. The molecule has 0 bridgehead atoms. The first-order valence-corrected chi connectivity index (χ1v) is 9.67. The molecule has 0 radical (unpaired) electrons. The predicted octanol–water partition coefficient (Wildman–Crippen LogP) is 3.20. The zero-order valence-electron chi connectivity index (χ0n) is 17.0. The average molecular weight is 399 g/mol. The van der Waals surface area contributed by atoms with Gasteiger partial charge in [-0.25, -0.2) is 4.39 Å². The molecule has 0 aliphatic carbocycles. The number of hydrogen-bond donors (Lipinski definition) is 1. The largest absolute Gasteiger partial charge is 0.494 e. The van der Waals surface area contributed by atoms with Crippen molar-refractivity contribution in [3.63, 3.8) is 0 Å². The van der Waals surface area contributed by atoms with Crippen LogP contribution in [0.5, 0.6) is 5.75 Å². The van der Waals surface area contributed by atoms with Crippen molar-refractivity contribution in [3.05, 3.63) is 53.3 Å². The van der Waals surface area contributed by atoms with E-state index in [0.29, 0.717) is 25.3 Å². The summed E-state index contributed by atoms with van der Waals surface area (Å²) in [4.78, 5) is 27.8. The van der Waals surface area contributed by atoms with Crippen LogP contribution in [0.15, 0.2) is 36.4 Å². The summed E-state index contributed by atoms with van der Waals surface area (Å²) in [5.74, 6) is -0.325. The molecule has 2 aromatic carbocycles. The Kier molecular flexibility index (Phi) is 6.49. The summed E-state index contributed by atoms with van der Waals surface area (Å²) < 4.78 is 18.8. The van der Waals surface area contributed by atoms with Crippen molar-refractivity contribution in [1.29, 1.82) is 0 Å². The van der Waals surface area contributed by atoms with E-state index in [2.05, 4.69) is 5.32 Å². The lowest BCUT2D eigenvalue weighted by atomic mass is 10.1. The minimum atomic E-state index is -0.414. The molecule has 154 valence electrons. The number of rotatable bonds is 7. The molecule has 1 aliphatic rings. The quantitative estimate of drug-likeness (QED) is 0.777. The Morgan fingerprint density at radius 2 is 2.03 bits per heavy atom. The summed E-state index contributed by atoms with van der Waals surface area (Å²) in [6, 6.07) is 10.4. The Labute approximate surface area is 170 Å². The van der Waals surface area contributed by atoms with E-state index < -0.39 is 5.82 Å². The highest BCUT2D eigenvalue weighted by atomic mass is 19.1. The summed E-state index contributed by atoms with van der Waals surface area (Å²) in [6.07, 6.45) is 0.780. The van der Waals surface area contributed by atoms with E-state index in [1.54, 1.807) is 24.0 Å². The van der Waals surface area contributed by atoms with Gasteiger partial charge in [0.2, 0.25) is 11.8 Å². The van der Waals surface area contributed by atoms with E-state index in [-0.39, 0.29) is 24.1 Å². The number of likely N-dealkylation sites (N-methyl/N-ethyl adjacent to an activating group) is 1. The van der Waals surface area contributed by atoms with Crippen molar-refractivity contribution in [3.8, 4) is 5.75 Å². The van der Waals surface area contributed by atoms with Gasteiger partial charge in [-0.1, -0.05) is 13.0 Å². The second-order valence-electron chi connectivity index (χ2n) is 7.08. The van der Waals surface area contributed by atoms with Gasteiger partial charge in [-0.15, -0.1) is 0 Å². The van der Waals surface area contributed by atoms with Crippen LogP contribution in [0.3, 0.4) is 0 Å². The fourth-order valence-corrected chi connectivity index (χ4v) is 3.56. The number of methoxy groups -OCH3 is 1. The van der Waals surface area contributed by atoms with Crippen molar-refractivity contribution in [2.45, 2.75) is 26.8 Å². The highest BCUT2D eigenvalue weighted by Crippen LogP contribution is 2.30. The number of carbonyl (C=O) groups is 2. The van der Waals surface area contributed by atoms with Gasteiger partial charge in [-0.05, 0) is 54.4 Å². The molecule has 0 unspecified atom stereocenters. The minimum Gasteiger partial charge on any atom is -0.494 e. The van der Waals surface area contributed by atoms with Gasteiger partial charge in [-0.2, -0.15) is 0 Å². The molecule has 0 aromatic heterocycles. The minimum absolute atomic E-state index is 0.0223. The third-order valence-electron chi connectivity index (χ3n) is 5.08. The number of amides is 2. The molecule has 1 heterocycles. The van der Waals surface area contributed by atoms with Crippen LogP contribution >= 0.6 is 0 Å². The molecule has 0 spiro atoms. The van der Waals surface area contributed by atoms with Gasteiger partial charge in [-0.3, -0.25) is 14.5 Å². The average Bonchev–Trinajstić information content (AvgIpc) is 3.11. The topological polar surface area (TPSA) is 61.9 Å². The molecule has 0 fully saturated rings. The predicted molar refractivity (Wildman–Crippen MR) is 111 cm³/mol. The maximum atomic E-state index is 13.9. The van der Waals surface area contributed by atoms with Crippen LogP contribution in [0.25, 0.3) is 0 Å². The summed E-state index contributed by atoms with van der Waals surface area (Å²) in [7, 11) is 1.43. The number of nitrogens with one attached hydrogen (secondary N) is 1. The number of carbonyl (C=O) groups excluding carboxylic acids is 2. The SMILES string of the molecule is CCN(CC(=O)Nc1ccc2c(c1)CCN2C(C)=O)Cc1ccc(OC)c(F)c1. The lowest BCUT2D eigenvalue weighted by molar-refractivity contribution is -0.117. The maximum absolute atomic E-state index is 13.9. The van der Waals surface area contributed by atoms with Crippen LogP contribution in [-0.4, -0.2) is 43.5 Å². The van der Waals surface area contributed by atoms with E-state index in [4.69, 9.17) is 4.74 Å². The van der Waals surface area contributed by atoms with E-state index in [1.165, 1.54) is 13.2 Å². The number of hydrogen-bond acceptors (Lipinski definition) is 4. The molecule has 1 N–H and O–H groups in total. The van der Waals surface area contributed by atoms with Crippen molar-refractivity contribution < 1.29 is 18.7 Å². The molecule has 2 aromatic rings. The summed E-state index contributed by atoms with van der Waals surface area (Å²) in [5, 5.41) is 2.92. The van der Waals surface area contributed by atoms with Crippen molar-refractivity contribution >= 4 is 23.2 Å². The van der Waals surface area contributed by atoms with Crippen molar-refractivity contribution in [1.82, 2.24) is 4.90 Å². The van der Waals surface area contributed by atoms with Crippen LogP contribution in [0.1, 0.15) is 25.0 Å². The normalized spacial score (nSPS) is 12.8. The van der Waals surface area contributed by atoms with Crippen LogP contribution < -0.4 is 15.0 Å². The molecule has 0 saturated heterocycles. The number of ether oxygens (including phenoxy) is 1. The number of nitrogens with zero attached hydrogens (tertiary/aromatic N) is 2. The number of halogens is 1. The second kappa shape index (κ2) is 9.05. The van der Waals surface area contributed by atoms with Crippen LogP contribution in [-0.2, 0) is 22.6 Å². The zero-order chi connectivity index (χ0) is 21.0. The number of anilines is 2. The number of fused-ring (bicyclic) bond motifs is 1. The second-order valence-corrected chi connectivity index (χ2v) is 7.08. The maximum Gasteiger partial charge on any atom is 0.238 e. The third kappa shape index (κ3) is 4.92. The van der Waals surface area contributed by atoms with Crippen molar-refractivity contribution in [2.24, 2.45) is 0 Å². The Morgan fingerprint density at radius 1 is 1.24 bits per heavy atom. The first-order valence-electron chi connectivity index (χ1n) is 9.67. The number of benzene rings is 2. The zero-order valence-corrected chi connectivity index (χ0v) is 17.0. The molecule has 7 heteroatoms. The van der Waals surface area contributed by atoms with Crippen molar-refractivity contribution in [2.75, 3.05) is 37.0 Å². The van der Waals surface area contributed by atoms with Gasteiger partial charge < -0.3 is 15.0 Å². The smallest absolute Gasteiger partial charge is 0.238 e.